The first kappa shape index (κ1) is 27.8. The summed E-state index contributed by atoms with van der Waals surface area (Å²) in [4.78, 5) is 24.9. The zero-order valence-corrected chi connectivity index (χ0v) is 22.1. The fraction of sp³-hybridized carbons (Fsp3) is 0.250. The second-order valence-electron chi connectivity index (χ2n) is 7.69. The summed E-state index contributed by atoms with van der Waals surface area (Å²) < 4.78 is 5.18. The van der Waals surface area contributed by atoms with Gasteiger partial charge in [0.15, 0.2) is 6.23 Å². The maximum absolute atomic E-state index is 11.5. The molecule has 11 heteroatoms. The second kappa shape index (κ2) is 12.0. The molecule has 186 valence electrons. The van der Waals surface area contributed by atoms with Crippen LogP contribution in [0.1, 0.15) is 28.8 Å². The van der Waals surface area contributed by atoms with Crippen LogP contribution in [-0.2, 0) is 4.74 Å². The number of rotatable bonds is 4. The Hall–Kier alpha value is -1.77. The van der Waals surface area contributed by atoms with Crippen LogP contribution in [0.15, 0.2) is 76.5 Å². The Morgan fingerprint density at radius 3 is 1.91 bits per heavy atom. The first-order valence-corrected chi connectivity index (χ1v) is 12.2. The lowest BCUT2D eigenvalue weighted by Crippen LogP contribution is -2.33. The van der Waals surface area contributed by atoms with Crippen molar-refractivity contribution in [2.24, 2.45) is 0 Å². The number of nitrogens with zero attached hydrogens (tertiary/aromatic N) is 1. The van der Waals surface area contributed by atoms with Gasteiger partial charge in [0, 0.05) is 21.8 Å². The zero-order chi connectivity index (χ0) is 25.8. The Morgan fingerprint density at radius 2 is 1.49 bits per heavy atom. The van der Waals surface area contributed by atoms with Crippen molar-refractivity contribution in [3.63, 3.8) is 0 Å². The predicted octanol–water partition coefficient (Wildman–Crippen LogP) is 5.79. The van der Waals surface area contributed by atoms with Gasteiger partial charge in [-0.2, -0.15) is 0 Å². The number of nitrogens with one attached hydrogen (secondary N) is 1. The molecule has 2 aromatic carbocycles. The first-order valence-electron chi connectivity index (χ1n) is 10.3. The van der Waals surface area contributed by atoms with Gasteiger partial charge in [-0.3, -0.25) is 14.3 Å². The van der Waals surface area contributed by atoms with E-state index in [2.05, 4.69) is 4.98 Å². The Kier molecular flexibility index (Phi) is 9.52. The molecule has 0 spiro atoms. The number of benzene rings is 2. The molecule has 0 bridgehead atoms. The Morgan fingerprint density at radius 1 is 0.971 bits per heavy atom. The summed E-state index contributed by atoms with van der Waals surface area (Å²) in [5.74, 6) is -0.382. The number of ether oxygens (including phenoxy) is 1. The molecule has 2 atom stereocenters. The van der Waals surface area contributed by atoms with Crippen LogP contribution >= 0.6 is 58.0 Å². The molecule has 0 amide bonds. The van der Waals surface area contributed by atoms with E-state index in [0.29, 0.717) is 15.6 Å². The number of hydrogen-bond acceptors (Lipinski definition) is 4. The van der Waals surface area contributed by atoms with Gasteiger partial charge in [-0.05, 0) is 48.4 Å². The fourth-order valence-electron chi connectivity index (χ4n) is 3.41. The third-order valence-corrected chi connectivity index (χ3v) is 6.30. The molecule has 0 fully saturated rings. The van der Waals surface area contributed by atoms with Crippen molar-refractivity contribution < 1.29 is 9.84 Å². The highest BCUT2D eigenvalue weighted by atomic mass is 35.6. The van der Waals surface area contributed by atoms with Crippen LogP contribution in [0.3, 0.4) is 0 Å². The molecule has 0 saturated carbocycles. The minimum atomic E-state index is -1.46. The smallest absolute Gasteiger partial charge is 0.330 e. The van der Waals surface area contributed by atoms with Crippen molar-refractivity contribution in [2.75, 3.05) is 6.61 Å². The highest BCUT2D eigenvalue weighted by molar-refractivity contribution is 6.68. The normalized spacial score (nSPS) is 17.4. The third-order valence-electron chi connectivity index (χ3n) is 5.14. The number of halogens is 5. The number of H-pyrrole nitrogens is 1. The van der Waals surface area contributed by atoms with E-state index in [1.165, 1.54) is 10.8 Å². The van der Waals surface area contributed by atoms with Crippen molar-refractivity contribution in [1.29, 1.82) is 0 Å². The van der Waals surface area contributed by atoms with E-state index in [-0.39, 0.29) is 12.5 Å². The average Bonchev–Trinajstić information content (AvgIpc) is 3.28. The van der Waals surface area contributed by atoms with Crippen molar-refractivity contribution in [3.05, 3.63) is 114 Å². The van der Waals surface area contributed by atoms with Crippen LogP contribution in [-0.4, -0.2) is 31.2 Å². The lowest BCUT2D eigenvalue weighted by atomic mass is 9.92. The van der Waals surface area contributed by atoms with Gasteiger partial charge in [0.2, 0.25) is 3.79 Å². The lowest BCUT2D eigenvalue weighted by Gasteiger charge is -2.25. The summed E-state index contributed by atoms with van der Waals surface area (Å²) in [5.41, 5.74) is 1.27. The number of aliphatic hydroxyl groups excluding tert-OH is 1. The highest BCUT2D eigenvalue weighted by Gasteiger charge is 2.35. The number of alkyl halides is 3. The monoisotopic (exact) mass is 576 g/mol. The van der Waals surface area contributed by atoms with Gasteiger partial charge in [0.25, 0.3) is 5.56 Å². The van der Waals surface area contributed by atoms with E-state index >= 15 is 0 Å². The number of aromatic amines is 1. The molecule has 1 aliphatic heterocycles. The van der Waals surface area contributed by atoms with Gasteiger partial charge in [-0.1, -0.05) is 88.3 Å². The summed E-state index contributed by atoms with van der Waals surface area (Å²) in [5, 5.41) is 10.2. The van der Waals surface area contributed by atoms with E-state index in [9.17, 15) is 9.59 Å². The summed E-state index contributed by atoms with van der Waals surface area (Å²) in [6, 6.07) is 14.5. The van der Waals surface area contributed by atoms with Crippen LogP contribution in [0.4, 0.5) is 0 Å². The van der Waals surface area contributed by atoms with Gasteiger partial charge < -0.3 is 9.84 Å². The lowest BCUT2D eigenvalue weighted by molar-refractivity contribution is -0.0104. The summed E-state index contributed by atoms with van der Waals surface area (Å²) in [6.45, 7) is 1.47. The van der Waals surface area contributed by atoms with Crippen LogP contribution in [0.25, 0.3) is 0 Å². The van der Waals surface area contributed by atoms with Crippen LogP contribution < -0.4 is 11.2 Å². The molecule has 3 aromatic rings. The number of aryl methyl sites for hydroxylation is 1. The maximum atomic E-state index is 11.5. The molecule has 2 N–H and O–H groups in total. The largest absolute Gasteiger partial charge is 0.393 e. The van der Waals surface area contributed by atoms with E-state index in [4.69, 9.17) is 67.8 Å². The van der Waals surface area contributed by atoms with Crippen molar-refractivity contribution in [2.45, 2.75) is 29.0 Å². The maximum Gasteiger partial charge on any atom is 0.330 e. The molecule has 0 radical (unpaired) electrons. The van der Waals surface area contributed by atoms with E-state index in [1.807, 2.05) is 24.3 Å². The minimum Gasteiger partial charge on any atom is -0.393 e. The van der Waals surface area contributed by atoms with Gasteiger partial charge in [-0.15, -0.1) is 0 Å². The average molecular weight is 579 g/mol. The summed E-state index contributed by atoms with van der Waals surface area (Å²) >= 11 is 30.1. The van der Waals surface area contributed by atoms with E-state index < -0.39 is 27.4 Å². The topological polar surface area (TPSA) is 84.3 Å². The van der Waals surface area contributed by atoms with Gasteiger partial charge in [0.05, 0.1) is 12.5 Å². The van der Waals surface area contributed by atoms with Crippen LogP contribution in [0.2, 0.25) is 10.0 Å². The molecular weight excluding hydrogens is 558 g/mol. The SMILES string of the molecule is Cc1cn([C@H]2C=C[C@@H](CO)O2)c(=O)[nH]c1=O.Clc1ccc(C(c2ccc(Cl)cc2)C(Cl)(Cl)Cl)cc1. The van der Waals surface area contributed by atoms with E-state index in [1.54, 1.807) is 43.3 Å². The molecular formula is C24H21Cl5N2O4. The molecule has 0 aliphatic carbocycles. The zero-order valence-electron chi connectivity index (χ0n) is 18.3. The fourth-order valence-corrected chi connectivity index (χ4v) is 4.41. The standard InChI is InChI=1S/C14H9Cl5.C10H12N2O4/c15-11-5-1-9(2-6-11)13(14(17,18)19)10-3-7-12(16)8-4-10;1-6-4-12(10(15)11-9(6)14)8-3-2-7(5-13)16-8/h1-8,13H;2-4,7-8,13H,5H2,1H3,(H,11,14,15)/t;7-,8+/m.0/s1. The third kappa shape index (κ3) is 7.37. The van der Waals surface area contributed by atoms with Crippen LogP contribution in [0.5, 0.6) is 0 Å². The van der Waals surface area contributed by atoms with Gasteiger partial charge >= 0.3 is 5.69 Å². The quantitative estimate of drug-likeness (QED) is 0.303. The summed E-state index contributed by atoms with van der Waals surface area (Å²) in [6.07, 6.45) is 3.82. The molecule has 2 heterocycles. The Labute approximate surface area is 226 Å². The van der Waals surface area contributed by atoms with Crippen LogP contribution in [0, 0.1) is 6.92 Å². The second-order valence-corrected chi connectivity index (χ2v) is 10.9. The number of aromatic nitrogens is 2. The molecule has 1 aromatic heterocycles. The molecule has 0 unspecified atom stereocenters. The summed E-state index contributed by atoms with van der Waals surface area (Å²) in [7, 11) is 0. The molecule has 6 nitrogen and oxygen atoms in total. The molecule has 0 saturated heterocycles. The highest BCUT2D eigenvalue weighted by Crippen LogP contribution is 2.45. The Balaban J connectivity index is 0.000000198. The van der Waals surface area contributed by atoms with Gasteiger partial charge in [-0.25, -0.2) is 4.79 Å². The van der Waals surface area contributed by atoms with E-state index in [0.717, 1.165) is 11.1 Å². The number of aliphatic hydroxyl groups is 1. The molecule has 35 heavy (non-hydrogen) atoms. The Bertz CT molecular complexity index is 1240. The molecule has 4 rings (SSSR count). The van der Waals surface area contributed by atoms with Crippen molar-refractivity contribution >= 4 is 58.0 Å². The van der Waals surface area contributed by atoms with Gasteiger partial charge in [0.1, 0.15) is 6.10 Å². The first-order chi connectivity index (χ1) is 16.5. The molecule has 1 aliphatic rings. The van der Waals surface area contributed by atoms with Crippen molar-refractivity contribution in [1.82, 2.24) is 9.55 Å². The minimum absolute atomic E-state index is 0.135. The van der Waals surface area contributed by atoms with Crippen molar-refractivity contribution in [3.8, 4) is 0 Å². The number of hydrogen-bond donors (Lipinski definition) is 2. The predicted molar refractivity (Wildman–Crippen MR) is 141 cm³/mol.